The lowest BCUT2D eigenvalue weighted by Crippen LogP contribution is -2.11. The van der Waals surface area contributed by atoms with E-state index in [2.05, 4.69) is 45.0 Å². The van der Waals surface area contributed by atoms with Crippen LogP contribution in [0.4, 0.5) is 0 Å². The topological polar surface area (TPSA) is 20.2 Å². The first-order chi connectivity index (χ1) is 7.96. The van der Waals surface area contributed by atoms with E-state index < -0.39 is 0 Å². The van der Waals surface area contributed by atoms with Crippen molar-refractivity contribution in [1.82, 2.24) is 0 Å². The number of aliphatic hydroxyl groups excluding tert-OH is 1. The second-order valence-corrected chi connectivity index (χ2v) is 5.89. The summed E-state index contributed by atoms with van der Waals surface area (Å²) in [5, 5.41) is 12.6. The van der Waals surface area contributed by atoms with Crippen molar-refractivity contribution >= 4 is 10.8 Å². The second kappa shape index (κ2) is 4.50. The van der Waals surface area contributed by atoms with Crippen LogP contribution in [0.25, 0.3) is 10.8 Å². The summed E-state index contributed by atoms with van der Waals surface area (Å²) in [5.74, 6) is 0. The molecule has 90 valence electrons. The second-order valence-electron chi connectivity index (χ2n) is 5.89. The van der Waals surface area contributed by atoms with Crippen molar-refractivity contribution in [2.75, 3.05) is 0 Å². The Morgan fingerprint density at radius 3 is 2.29 bits per heavy atom. The Labute approximate surface area is 103 Å². The van der Waals surface area contributed by atoms with E-state index in [4.69, 9.17) is 0 Å². The Kier molecular flexibility index (Phi) is 3.21. The van der Waals surface area contributed by atoms with Crippen LogP contribution in [0.2, 0.25) is 0 Å². The molecule has 2 aromatic carbocycles. The van der Waals surface area contributed by atoms with Gasteiger partial charge in [0, 0.05) is 0 Å². The number of fused-ring (bicyclic) bond motifs is 1. The van der Waals surface area contributed by atoms with Gasteiger partial charge in [-0.1, -0.05) is 57.2 Å². The third kappa shape index (κ3) is 3.07. The highest BCUT2D eigenvalue weighted by Crippen LogP contribution is 2.30. The molecule has 1 N–H and O–H groups in total. The molecule has 0 heterocycles. The van der Waals surface area contributed by atoms with Crippen molar-refractivity contribution < 1.29 is 5.11 Å². The van der Waals surface area contributed by atoms with Gasteiger partial charge >= 0.3 is 0 Å². The molecule has 0 aliphatic heterocycles. The van der Waals surface area contributed by atoms with Crippen molar-refractivity contribution in [3.05, 3.63) is 48.0 Å². The van der Waals surface area contributed by atoms with Crippen molar-refractivity contribution in [3.8, 4) is 0 Å². The van der Waals surface area contributed by atoms with Gasteiger partial charge in [0.2, 0.25) is 0 Å². The summed E-state index contributed by atoms with van der Waals surface area (Å²) in [4.78, 5) is 0. The van der Waals surface area contributed by atoms with Gasteiger partial charge < -0.3 is 5.11 Å². The van der Waals surface area contributed by atoms with Gasteiger partial charge in [-0.15, -0.1) is 0 Å². The van der Waals surface area contributed by atoms with E-state index in [0.717, 1.165) is 12.0 Å². The quantitative estimate of drug-likeness (QED) is 0.812. The van der Waals surface area contributed by atoms with Gasteiger partial charge in [0.25, 0.3) is 0 Å². The molecule has 17 heavy (non-hydrogen) atoms. The molecule has 0 radical (unpaired) electrons. The third-order valence-corrected chi connectivity index (χ3v) is 2.96. The third-order valence-electron chi connectivity index (χ3n) is 2.96. The van der Waals surface area contributed by atoms with E-state index in [1.807, 2.05) is 18.2 Å². The summed E-state index contributed by atoms with van der Waals surface area (Å²) in [7, 11) is 0. The summed E-state index contributed by atoms with van der Waals surface area (Å²) in [6, 6.07) is 14.4. The number of hydrogen-bond acceptors (Lipinski definition) is 1. The lowest BCUT2D eigenvalue weighted by molar-refractivity contribution is 0.122. The van der Waals surface area contributed by atoms with E-state index >= 15 is 0 Å². The molecule has 0 aliphatic rings. The highest BCUT2D eigenvalue weighted by molar-refractivity contribution is 5.83. The maximum absolute atomic E-state index is 10.2. The van der Waals surface area contributed by atoms with Crippen LogP contribution < -0.4 is 0 Å². The molecule has 1 atom stereocenters. The standard InChI is InChI=1S/C16H20O/c1-16(2,3)11-15(17)14-9-8-12-6-4-5-7-13(12)10-14/h4-10,15,17H,11H2,1-3H3. The number of rotatable bonds is 2. The zero-order valence-corrected chi connectivity index (χ0v) is 10.8. The number of benzene rings is 2. The number of hydrogen-bond donors (Lipinski definition) is 1. The summed E-state index contributed by atoms with van der Waals surface area (Å²) < 4.78 is 0. The summed E-state index contributed by atoms with van der Waals surface area (Å²) in [6.45, 7) is 6.45. The fraction of sp³-hybridized carbons (Fsp3) is 0.375. The van der Waals surface area contributed by atoms with Gasteiger partial charge in [-0.2, -0.15) is 0 Å². The molecular weight excluding hydrogens is 208 g/mol. The average molecular weight is 228 g/mol. The highest BCUT2D eigenvalue weighted by atomic mass is 16.3. The van der Waals surface area contributed by atoms with Gasteiger partial charge in [-0.05, 0) is 34.2 Å². The first kappa shape index (κ1) is 12.1. The lowest BCUT2D eigenvalue weighted by atomic mass is 9.86. The molecule has 0 spiro atoms. The fourth-order valence-corrected chi connectivity index (χ4v) is 2.11. The minimum atomic E-state index is -0.375. The SMILES string of the molecule is CC(C)(C)CC(O)c1ccc2ccccc2c1. The molecule has 0 aliphatic carbocycles. The molecule has 1 nitrogen and oxygen atoms in total. The van der Waals surface area contributed by atoms with Crippen LogP contribution in [0, 0.1) is 5.41 Å². The van der Waals surface area contributed by atoms with Gasteiger partial charge in [-0.25, -0.2) is 0 Å². The molecule has 1 heteroatoms. The molecule has 0 saturated heterocycles. The van der Waals surface area contributed by atoms with Crippen LogP contribution >= 0.6 is 0 Å². The normalized spacial score (nSPS) is 13.9. The van der Waals surface area contributed by atoms with E-state index in [-0.39, 0.29) is 11.5 Å². The minimum absolute atomic E-state index is 0.144. The molecule has 1 unspecified atom stereocenters. The van der Waals surface area contributed by atoms with E-state index in [1.165, 1.54) is 10.8 Å². The Hall–Kier alpha value is -1.34. The smallest absolute Gasteiger partial charge is 0.0795 e. The Morgan fingerprint density at radius 1 is 1.00 bits per heavy atom. The van der Waals surface area contributed by atoms with E-state index in [9.17, 15) is 5.11 Å². The Bertz CT molecular complexity index is 508. The molecule has 2 aromatic rings. The molecule has 0 fully saturated rings. The summed E-state index contributed by atoms with van der Waals surface area (Å²) >= 11 is 0. The van der Waals surface area contributed by atoms with Gasteiger partial charge in [0.05, 0.1) is 6.10 Å². The molecular formula is C16H20O. The molecule has 0 saturated carbocycles. The van der Waals surface area contributed by atoms with Crippen molar-refractivity contribution in [1.29, 1.82) is 0 Å². The maximum Gasteiger partial charge on any atom is 0.0795 e. The molecule has 0 bridgehead atoms. The Morgan fingerprint density at radius 2 is 1.65 bits per heavy atom. The maximum atomic E-state index is 10.2. The average Bonchev–Trinajstić information content (AvgIpc) is 2.26. The molecule has 2 rings (SSSR count). The molecule has 0 amide bonds. The fourth-order valence-electron chi connectivity index (χ4n) is 2.11. The molecule has 0 aromatic heterocycles. The first-order valence-corrected chi connectivity index (χ1v) is 6.12. The van der Waals surface area contributed by atoms with Crippen LogP contribution in [0.3, 0.4) is 0 Å². The predicted octanol–water partition coefficient (Wildman–Crippen LogP) is 4.31. The monoisotopic (exact) mass is 228 g/mol. The summed E-state index contributed by atoms with van der Waals surface area (Å²) in [5.41, 5.74) is 1.16. The zero-order chi connectivity index (χ0) is 12.5. The van der Waals surface area contributed by atoms with Crippen LogP contribution in [-0.2, 0) is 0 Å². The van der Waals surface area contributed by atoms with Crippen LogP contribution in [0.15, 0.2) is 42.5 Å². The zero-order valence-electron chi connectivity index (χ0n) is 10.8. The summed E-state index contributed by atoms with van der Waals surface area (Å²) in [6.07, 6.45) is 0.408. The van der Waals surface area contributed by atoms with Crippen LogP contribution in [0.5, 0.6) is 0 Å². The van der Waals surface area contributed by atoms with Crippen molar-refractivity contribution in [2.45, 2.75) is 33.3 Å². The predicted molar refractivity (Wildman–Crippen MR) is 73.0 cm³/mol. The van der Waals surface area contributed by atoms with Crippen LogP contribution in [-0.4, -0.2) is 5.11 Å². The Balaban J connectivity index is 2.30. The minimum Gasteiger partial charge on any atom is -0.388 e. The largest absolute Gasteiger partial charge is 0.388 e. The van der Waals surface area contributed by atoms with Gasteiger partial charge in [-0.3, -0.25) is 0 Å². The van der Waals surface area contributed by atoms with Gasteiger partial charge in [0.15, 0.2) is 0 Å². The van der Waals surface area contributed by atoms with E-state index in [1.54, 1.807) is 0 Å². The first-order valence-electron chi connectivity index (χ1n) is 6.12. The number of aliphatic hydroxyl groups is 1. The lowest BCUT2D eigenvalue weighted by Gasteiger charge is -2.22. The van der Waals surface area contributed by atoms with Crippen molar-refractivity contribution in [2.24, 2.45) is 5.41 Å². The van der Waals surface area contributed by atoms with Crippen LogP contribution in [0.1, 0.15) is 38.9 Å². The highest BCUT2D eigenvalue weighted by Gasteiger charge is 2.18. The van der Waals surface area contributed by atoms with Gasteiger partial charge in [0.1, 0.15) is 0 Å². The van der Waals surface area contributed by atoms with E-state index in [0.29, 0.717) is 0 Å². The van der Waals surface area contributed by atoms with Crippen molar-refractivity contribution in [3.63, 3.8) is 0 Å².